The Labute approximate surface area is 104 Å². The number of allylic oxidation sites excluding steroid dienone is 3. The van der Waals surface area contributed by atoms with Crippen LogP contribution in [0.5, 0.6) is 0 Å². The summed E-state index contributed by atoms with van der Waals surface area (Å²) in [4.78, 5) is 2.55. The fraction of sp³-hybridized carbons (Fsp3) is 0.600. The average Bonchev–Trinajstić information content (AvgIpc) is 2.69. The minimum Gasteiger partial charge on any atom is -0.485 e. The summed E-state index contributed by atoms with van der Waals surface area (Å²) in [6.45, 7) is 9.60. The topological polar surface area (TPSA) is 12.5 Å². The van der Waals surface area contributed by atoms with Crippen LogP contribution < -0.4 is 0 Å². The van der Waals surface area contributed by atoms with Gasteiger partial charge in [-0.05, 0) is 44.5 Å². The average molecular weight is 231 g/mol. The predicted molar refractivity (Wildman–Crippen MR) is 69.6 cm³/mol. The largest absolute Gasteiger partial charge is 0.485 e. The van der Waals surface area contributed by atoms with E-state index in [1.807, 2.05) is 13.0 Å². The molecular formula is C15H21NO. The number of piperidine rings is 3. The van der Waals surface area contributed by atoms with E-state index in [4.69, 9.17) is 4.74 Å². The van der Waals surface area contributed by atoms with E-state index >= 15 is 0 Å². The summed E-state index contributed by atoms with van der Waals surface area (Å²) in [7, 11) is 0. The SMILES string of the molecule is C=CC1=C(/C=C\C)OC2(C1)CN1CCC2CC1. The summed E-state index contributed by atoms with van der Waals surface area (Å²) in [5.74, 6) is 1.79. The molecular weight excluding hydrogens is 210 g/mol. The molecule has 0 aromatic carbocycles. The van der Waals surface area contributed by atoms with Crippen LogP contribution in [0.3, 0.4) is 0 Å². The Hall–Kier alpha value is -1.02. The Morgan fingerprint density at radius 1 is 1.41 bits per heavy atom. The van der Waals surface area contributed by atoms with Gasteiger partial charge in [-0.1, -0.05) is 18.7 Å². The van der Waals surface area contributed by atoms with Gasteiger partial charge in [0.05, 0.1) is 0 Å². The monoisotopic (exact) mass is 231 g/mol. The maximum Gasteiger partial charge on any atom is 0.129 e. The molecule has 2 heteroatoms. The van der Waals surface area contributed by atoms with E-state index in [-0.39, 0.29) is 5.60 Å². The van der Waals surface area contributed by atoms with Crippen molar-refractivity contribution in [3.8, 4) is 0 Å². The summed E-state index contributed by atoms with van der Waals surface area (Å²) in [5.41, 5.74) is 1.35. The van der Waals surface area contributed by atoms with Gasteiger partial charge in [0.2, 0.25) is 0 Å². The fourth-order valence-corrected chi connectivity index (χ4v) is 3.64. The summed E-state index contributed by atoms with van der Waals surface area (Å²) in [5, 5.41) is 0. The number of ether oxygens (including phenoxy) is 1. The first-order valence-corrected chi connectivity index (χ1v) is 6.67. The number of nitrogens with zero attached hydrogens (tertiary/aromatic N) is 1. The van der Waals surface area contributed by atoms with Crippen LogP contribution >= 0.6 is 0 Å². The minimum atomic E-state index is 0.0644. The van der Waals surface area contributed by atoms with Gasteiger partial charge in [0, 0.05) is 18.9 Å². The Kier molecular flexibility index (Phi) is 2.62. The number of hydrogen-bond acceptors (Lipinski definition) is 2. The van der Waals surface area contributed by atoms with Gasteiger partial charge in [-0.15, -0.1) is 0 Å². The fourth-order valence-electron chi connectivity index (χ4n) is 3.64. The molecule has 3 saturated heterocycles. The third kappa shape index (κ3) is 1.66. The molecule has 1 spiro atoms. The van der Waals surface area contributed by atoms with Gasteiger partial charge >= 0.3 is 0 Å². The van der Waals surface area contributed by atoms with Crippen LogP contribution in [-0.2, 0) is 4.74 Å². The lowest BCUT2D eigenvalue weighted by molar-refractivity contribution is -0.110. The summed E-state index contributed by atoms with van der Waals surface area (Å²) in [6.07, 6.45) is 9.77. The molecule has 4 rings (SSSR count). The second-order valence-corrected chi connectivity index (χ2v) is 5.49. The third-order valence-corrected chi connectivity index (χ3v) is 4.51. The molecule has 0 saturated carbocycles. The molecule has 2 bridgehead atoms. The Bertz CT molecular complexity index is 388. The molecule has 3 fully saturated rings. The summed E-state index contributed by atoms with van der Waals surface area (Å²) < 4.78 is 6.35. The second-order valence-electron chi connectivity index (χ2n) is 5.49. The molecule has 1 unspecified atom stereocenters. The van der Waals surface area contributed by atoms with Gasteiger partial charge < -0.3 is 4.74 Å². The van der Waals surface area contributed by atoms with E-state index in [1.165, 1.54) is 31.5 Å². The van der Waals surface area contributed by atoms with E-state index in [0.717, 1.165) is 24.6 Å². The molecule has 4 aliphatic rings. The third-order valence-electron chi connectivity index (χ3n) is 4.51. The quantitative estimate of drug-likeness (QED) is 0.724. The zero-order valence-corrected chi connectivity index (χ0v) is 10.6. The number of hydrogen-bond donors (Lipinski definition) is 0. The van der Waals surface area contributed by atoms with Crippen LogP contribution in [0.15, 0.2) is 36.1 Å². The zero-order valence-electron chi connectivity index (χ0n) is 10.6. The van der Waals surface area contributed by atoms with Crippen molar-refractivity contribution in [3.63, 3.8) is 0 Å². The molecule has 0 aliphatic carbocycles. The Morgan fingerprint density at radius 3 is 2.71 bits per heavy atom. The van der Waals surface area contributed by atoms with E-state index in [9.17, 15) is 0 Å². The maximum atomic E-state index is 6.35. The Balaban J connectivity index is 1.87. The zero-order chi connectivity index (χ0) is 11.9. The highest BCUT2D eigenvalue weighted by molar-refractivity contribution is 5.35. The van der Waals surface area contributed by atoms with Gasteiger partial charge in [0.15, 0.2) is 0 Å². The smallest absolute Gasteiger partial charge is 0.129 e. The number of rotatable bonds is 2. The lowest BCUT2D eigenvalue weighted by Gasteiger charge is -2.51. The van der Waals surface area contributed by atoms with Gasteiger partial charge in [-0.2, -0.15) is 0 Å². The second kappa shape index (κ2) is 4.02. The molecule has 92 valence electrons. The normalized spacial score (nSPS) is 40.3. The highest BCUT2D eigenvalue weighted by atomic mass is 16.5. The van der Waals surface area contributed by atoms with Crippen LogP contribution in [0.4, 0.5) is 0 Å². The molecule has 0 amide bonds. The molecule has 1 atom stereocenters. The molecule has 17 heavy (non-hydrogen) atoms. The van der Waals surface area contributed by atoms with Crippen LogP contribution in [0, 0.1) is 5.92 Å². The van der Waals surface area contributed by atoms with Crippen LogP contribution in [0.2, 0.25) is 0 Å². The summed E-state index contributed by atoms with van der Waals surface area (Å²) in [6, 6.07) is 0. The first-order chi connectivity index (χ1) is 8.27. The van der Waals surface area contributed by atoms with Crippen LogP contribution in [-0.4, -0.2) is 30.1 Å². The van der Waals surface area contributed by atoms with Crippen molar-refractivity contribution in [2.75, 3.05) is 19.6 Å². The van der Waals surface area contributed by atoms with Crippen molar-refractivity contribution in [3.05, 3.63) is 36.1 Å². The highest BCUT2D eigenvalue weighted by Crippen LogP contribution is 2.47. The van der Waals surface area contributed by atoms with E-state index in [0.29, 0.717) is 0 Å². The molecule has 4 aliphatic heterocycles. The van der Waals surface area contributed by atoms with Crippen molar-refractivity contribution in [2.24, 2.45) is 5.92 Å². The van der Waals surface area contributed by atoms with E-state index < -0.39 is 0 Å². The van der Waals surface area contributed by atoms with Crippen LogP contribution in [0.25, 0.3) is 0 Å². The van der Waals surface area contributed by atoms with Crippen molar-refractivity contribution in [2.45, 2.75) is 31.8 Å². The Morgan fingerprint density at radius 2 is 2.18 bits per heavy atom. The number of fused-ring (bicyclic) bond motifs is 2. The van der Waals surface area contributed by atoms with Crippen molar-refractivity contribution in [1.82, 2.24) is 4.90 Å². The van der Waals surface area contributed by atoms with Gasteiger partial charge in [-0.3, -0.25) is 4.90 Å². The lowest BCUT2D eigenvalue weighted by atomic mass is 9.73. The van der Waals surface area contributed by atoms with Gasteiger partial charge in [0.25, 0.3) is 0 Å². The lowest BCUT2D eigenvalue weighted by Crippen LogP contribution is -2.59. The first kappa shape index (κ1) is 11.1. The van der Waals surface area contributed by atoms with Crippen molar-refractivity contribution < 1.29 is 4.74 Å². The van der Waals surface area contributed by atoms with E-state index in [2.05, 4.69) is 23.6 Å². The first-order valence-electron chi connectivity index (χ1n) is 6.67. The molecule has 2 nitrogen and oxygen atoms in total. The maximum absolute atomic E-state index is 6.35. The summed E-state index contributed by atoms with van der Waals surface area (Å²) >= 11 is 0. The van der Waals surface area contributed by atoms with Gasteiger partial charge in [0.1, 0.15) is 11.4 Å². The standard InChI is InChI=1S/C15H21NO/c1-3-5-14-12(4-2)10-15(17-14)11-16-8-6-13(15)7-9-16/h3-5,13H,2,6-11H2,1H3/b5-3-. The molecule has 0 N–H and O–H groups in total. The molecule has 4 heterocycles. The van der Waals surface area contributed by atoms with Crippen molar-refractivity contribution in [1.29, 1.82) is 0 Å². The molecule has 0 radical (unpaired) electrons. The van der Waals surface area contributed by atoms with Gasteiger partial charge in [-0.25, -0.2) is 0 Å². The van der Waals surface area contributed by atoms with Crippen LogP contribution in [0.1, 0.15) is 26.2 Å². The predicted octanol–water partition coefficient (Wildman–Crippen LogP) is 2.89. The highest BCUT2D eigenvalue weighted by Gasteiger charge is 2.51. The van der Waals surface area contributed by atoms with E-state index in [1.54, 1.807) is 0 Å². The molecule has 0 aromatic rings. The minimum absolute atomic E-state index is 0.0644. The molecule has 0 aromatic heterocycles. The van der Waals surface area contributed by atoms with Crippen molar-refractivity contribution >= 4 is 0 Å².